The molecule has 0 saturated carbocycles. The number of carbonyl (C=O) groups excluding carboxylic acids is 2. The summed E-state index contributed by atoms with van der Waals surface area (Å²) in [7, 11) is 0. The van der Waals surface area contributed by atoms with E-state index in [0.717, 1.165) is 12.8 Å². The molecule has 1 aliphatic rings. The van der Waals surface area contributed by atoms with Crippen LogP contribution in [0.25, 0.3) is 0 Å². The number of amides is 2. The van der Waals surface area contributed by atoms with Gasteiger partial charge in [-0.05, 0) is 18.8 Å². The molecule has 116 valence electrons. The average molecular weight is 295 g/mol. The van der Waals surface area contributed by atoms with Gasteiger partial charge >= 0.3 is 0 Å². The molecule has 8 heteroatoms. The fourth-order valence-electron chi connectivity index (χ4n) is 2.27. The molecule has 2 N–H and O–H groups in total. The highest BCUT2D eigenvalue weighted by atomic mass is 16.3. The number of aliphatic hydroxyl groups excluding tert-OH is 1. The molecule has 0 aliphatic carbocycles. The predicted molar refractivity (Wildman–Crippen MR) is 75.3 cm³/mol. The summed E-state index contributed by atoms with van der Waals surface area (Å²) in [6.45, 7) is 3.38. The Morgan fingerprint density at radius 1 is 1.43 bits per heavy atom. The minimum atomic E-state index is -0.139. The molecule has 2 amide bonds. The number of aromatic nitrogens is 3. The smallest absolute Gasteiger partial charge is 0.244 e. The number of aliphatic hydroxyl groups is 1. The average Bonchev–Trinajstić information content (AvgIpc) is 2.94. The molecule has 0 atom stereocenters. The van der Waals surface area contributed by atoms with Crippen LogP contribution in [0.1, 0.15) is 26.2 Å². The van der Waals surface area contributed by atoms with E-state index in [0.29, 0.717) is 31.2 Å². The van der Waals surface area contributed by atoms with Crippen molar-refractivity contribution in [3.05, 3.63) is 6.20 Å². The Morgan fingerprint density at radius 2 is 2.14 bits per heavy atom. The van der Waals surface area contributed by atoms with Crippen molar-refractivity contribution in [2.24, 2.45) is 5.92 Å². The van der Waals surface area contributed by atoms with Gasteiger partial charge in [-0.25, -0.2) is 4.68 Å². The van der Waals surface area contributed by atoms with Crippen LogP contribution in [-0.4, -0.2) is 56.5 Å². The quantitative estimate of drug-likeness (QED) is 0.787. The van der Waals surface area contributed by atoms with E-state index >= 15 is 0 Å². The topological polar surface area (TPSA) is 100 Å². The van der Waals surface area contributed by atoms with E-state index in [4.69, 9.17) is 5.11 Å². The van der Waals surface area contributed by atoms with E-state index in [2.05, 4.69) is 15.6 Å². The largest absolute Gasteiger partial charge is 0.396 e. The van der Waals surface area contributed by atoms with Crippen LogP contribution in [0.5, 0.6) is 0 Å². The van der Waals surface area contributed by atoms with Crippen molar-refractivity contribution in [2.45, 2.75) is 32.7 Å². The fourth-order valence-corrected chi connectivity index (χ4v) is 2.27. The summed E-state index contributed by atoms with van der Waals surface area (Å²) in [6.07, 6.45) is 3.58. The lowest BCUT2D eigenvalue weighted by molar-refractivity contribution is -0.133. The van der Waals surface area contributed by atoms with Crippen LogP contribution in [0.4, 0.5) is 5.82 Å². The highest BCUT2D eigenvalue weighted by molar-refractivity contribution is 5.89. The summed E-state index contributed by atoms with van der Waals surface area (Å²) < 4.78 is 1.42. The van der Waals surface area contributed by atoms with Crippen molar-refractivity contribution in [3.8, 4) is 0 Å². The zero-order valence-corrected chi connectivity index (χ0v) is 12.2. The van der Waals surface area contributed by atoms with Crippen LogP contribution in [0, 0.1) is 5.92 Å². The van der Waals surface area contributed by atoms with E-state index in [1.54, 1.807) is 18.0 Å². The van der Waals surface area contributed by atoms with E-state index in [-0.39, 0.29) is 25.0 Å². The van der Waals surface area contributed by atoms with Crippen molar-refractivity contribution in [1.82, 2.24) is 19.9 Å². The Balaban J connectivity index is 1.84. The van der Waals surface area contributed by atoms with Crippen LogP contribution in [0.2, 0.25) is 0 Å². The van der Waals surface area contributed by atoms with Gasteiger partial charge in [0.05, 0.1) is 6.20 Å². The van der Waals surface area contributed by atoms with Crippen LogP contribution >= 0.6 is 0 Å². The van der Waals surface area contributed by atoms with E-state index in [1.165, 1.54) is 4.68 Å². The Labute approximate surface area is 123 Å². The van der Waals surface area contributed by atoms with Gasteiger partial charge in [0.2, 0.25) is 11.8 Å². The third-order valence-corrected chi connectivity index (χ3v) is 3.65. The number of hydrogen-bond acceptors (Lipinski definition) is 5. The molecular weight excluding hydrogens is 274 g/mol. The maximum atomic E-state index is 12.1. The molecule has 1 aliphatic heterocycles. The highest BCUT2D eigenvalue weighted by Crippen LogP contribution is 2.16. The van der Waals surface area contributed by atoms with Gasteiger partial charge in [-0.1, -0.05) is 12.1 Å². The summed E-state index contributed by atoms with van der Waals surface area (Å²) >= 11 is 0. The molecule has 2 heterocycles. The van der Waals surface area contributed by atoms with Gasteiger partial charge in [0.15, 0.2) is 5.82 Å². The molecule has 0 bridgehead atoms. The number of likely N-dealkylation sites (tertiary alicyclic amines) is 1. The molecule has 0 radical (unpaired) electrons. The van der Waals surface area contributed by atoms with Gasteiger partial charge in [0.1, 0.15) is 6.54 Å². The first-order chi connectivity index (χ1) is 10.1. The summed E-state index contributed by atoms with van der Waals surface area (Å²) in [5.41, 5.74) is 0. The van der Waals surface area contributed by atoms with Crippen molar-refractivity contribution in [2.75, 3.05) is 25.0 Å². The zero-order chi connectivity index (χ0) is 15.2. The lowest BCUT2D eigenvalue weighted by atomic mass is 9.98. The van der Waals surface area contributed by atoms with E-state index in [9.17, 15) is 9.59 Å². The first-order valence-corrected chi connectivity index (χ1v) is 7.21. The van der Waals surface area contributed by atoms with E-state index < -0.39 is 0 Å². The van der Waals surface area contributed by atoms with Crippen LogP contribution in [0.3, 0.4) is 0 Å². The molecule has 0 unspecified atom stereocenters. The number of rotatable bonds is 5. The Hall–Kier alpha value is -1.96. The van der Waals surface area contributed by atoms with Crippen LogP contribution < -0.4 is 5.32 Å². The zero-order valence-electron chi connectivity index (χ0n) is 12.2. The number of hydrogen-bond donors (Lipinski definition) is 2. The molecule has 0 aromatic carbocycles. The van der Waals surface area contributed by atoms with Gasteiger partial charge in [-0.3, -0.25) is 9.59 Å². The standard InChI is InChI=1S/C13H21N5O3/c1-2-12(20)14-11-7-18(16-15-11)8-13(21)17-5-3-10(9-19)4-6-17/h7,10,19H,2-6,8-9H2,1H3,(H,14,20). The SMILES string of the molecule is CCC(=O)Nc1cn(CC(=O)N2CCC(CO)CC2)nn1. The van der Waals surface area contributed by atoms with Crippen molar-refractivity contribution in [1.29, 1.82) is 0 Å². The first-order valence-electron chi connectivity index (χ1n) is 7.21. The predicted octanol–water partition coefficient (Wildman–Crippen LogP) is -0.142. The van der Waals surface area contributed by atoms with Gasteiger partial charge in [-0.15, -0.1) is 5.10 Å². The molecule has 8 nitrogen and oxygen atoms in total. The molecule has 21 heavy (non-hydrogen) atoms. The van der Waals surface area contributed by atoms with Crippen molar-refractivity contribution in [3.63, 3.8) is 0 Å². The number of piperidine rings is 1. The number of nitrogens with one attached hydrogen (secondary N) is 1. The van der Waals surface area contributed by atoms with Crippen molar-refractivity contribution < 1.29 is 14.7 Å². The third kappa shape index (κ3) is 4.25. The van der Waals surface area contributed by atoms with Gasteiger partial charge < -0.3 is 15.3 Å². The van der Waals surface area contributed by atoms with E-state index in [1.807, 2.05) is 0 Å². The second kappa shape index (κ2) is 7.16. The normalized spacial score (nSPS) is 16.0. The molecule has 0 spiro atoms. The Kier molecular flexibility index (Phi) is 5.26. The summed E-state index contributed by atoms with van der Waals surface area (Å²) in [5.74, 6) is 0.494. The first kappa shape index (κ1) is 15.4. The molecule has 1 aromatic rings. The summed E-state index contributed by atoms with van der Waals surface area (Å²) in [4.78, 5) is 25.1. The van der Waals surface area contributed by atoms with Crippen molar-refractivity contribution >= 4 is 17.6 Å². The van der Waals surface area contributed by atoms with Gasteiger partial charge in [0.25, 0.3) is 0 Å². The summed E-state index contributed by atoms with van der Waals surface area (Å²) in [6, 6.07) is 0. The van der Waals surface area contributed by atoms with Gasteiger partial charge in [-0.2, -0.15) is 0 Å². The molecular formula is C13H21N5O3. The van der Waals surface area contributed by atoms with Crippen LogP contribution in [-0.2, 0) is 16.1 Å². The molecule has 1 saturated heterocycles. The molecule has 1 aromatic heterocycles. The second-order valence-corrected chi connectivity index (χ2v) is 5.21. The molecule has 2 rings (SSSR count). The number of anilines is 1. The fraction of sp³-hybridized carbons (Fsp3) is 0.692. The molecule has 1 fully saturated rings. The minimum absolute atomic E-state index is 0.0235. The monoisotopic (exact) mass is 295 g/mol. The van der Waals surface area contributed by atoms with Gasteiger partial charge in [0, 0.05) is 26.1 Å². The Morgan fingerprint density at radius 3 is 2.76 bits per heavy atom. The maximum absolute atomic E-state index is 12.1. The third-order valence-electron chi connectivity index (χ3n) is 3.65. The highest BCUT2D eigenvalue weighted by Gasteiger charge is 2.22. The maximum Gasteiger partial charge on any atom is 0.244 e. The van der Waals surface area contributed by atoms with Crippen LogP contribution in [0.15, 0.2) is 6.20 Å². The summed E-state index contributed by atoms with van der Waals surface area (Å²) in [5, 5.41) is 19.3. The number of carbonyl (C=O) groups is 2. The number of nitrogens with zero attached hydrogens (tertiary/aromatic N) is 4. The second-order valence-electron chi connectivity index (χ2n) is 5.21. The lowest BCUT2D eigenvalue weighted by Crippen LogP contribution is -2.40. The minimum Gasteiger partial charge on any atom is -0.396 e. The lowest BCUT2D eigenvalue weighted by Gasteiger charge is -2.31. The Bertz CT molecular complexity index is 494.